The van der Waals surface area contributed by atoms with E-state index in [4.69, 9.17) is 9.57 Å². The van der Waals surface area contributed by atoms with E-state index in [-0.39, 0.29) is 0 Å². The molecule has 0 saturated carbocycles. The van der Waals surface area contributed by atoms with Crippen LogP contribution in [0.5, 0.6) is 5.75 Å². The summed E-state index contributed by atoms with van der Waals surface area (Å²) in [6, 6.07) is 16.4. The summed E-state index contributed by atoms with van der Waals surface area (Å²) in [6.45, 7) is 0. The maximum atomic E-state index is 11.7. The molecule has 0 fully saturated rings. The Kier molecular flexibility index (Phi) is 3.78. The zero-order valence-corrected chi connectivity index (χ0v) is 12.0. The van der Waals surface area contributed by atoms with Crippen LogP contribution in [0.25, 0.3) is 0 Å². The summed E-state index contributed by atoms with van der Waals surface area (Å²) >= 11 is 0. The summed E-state index contributed by atoms with van der Waals surface area (Å²) in [4.78, 5) is 17.1. The van der Waals surface area contributed by atoms with E-state index in [0.717, 1.165) is 11.1 Å². The minimum absolute atomic E-state index is 0.439. The Hall–Kier alpha value is -2.82. The Labute approximate surface area is 127 Å². The molecule has 0 aliphatic carbocycles. The number of methoxy groups -OCH3 is 1. The summed E-state index contributed by atoms with van der Waals surface area (Å²) in [5.74, 6) is -1.09. The summed E-state index contributed by atoms with van der Waals surface area (Å²) in [5.41, 5.74) is 1.95. The SMILES string of the molecule is COc1ccc(C2ON=C(c3ccccc3)C2C(=O)O)cc1. The van der Waals surface area contributed by atoms with E-state index in [1.165, 1.54) is 0 Å². The second-order valence-corrected chi connectivity index (χ2v) is 4.96. The molecule has 0 aromatic heterocycles. The lowest BCUT2D eigenvalue weighted by Gasteiger charge is -2.15. The van der Waals surface area contributed by atoms with Crippen molar-refractivity contribution in [3.63, 3.8) is 0 Å². The molecule has 112 valence electrons. The van der Waals surface area contributed by atoms with Gasteiger partial charge < -0.3 is 14.7 Å². The fourth-order valence-corrected chi connectivity index (χ4v) is 2.51. The lowest BCUT2D eigenvalue weighted by Crippen LogP contribution is -2.26. The van der Waals surface area contributed by atoms with Gasteiger partial charge in [-0.25, -0.2) is 0 Å². The summed E-state index contributed by atoms with van der Waals surface area (Å²) in [6.07, 6.45) is -0.640. The van der Waals surface area contributed by atoms with Crippen molar-refractivity contribution in [1.29, 1.82) is 0 Å². The van der Waals surface area contributed by atoms with Crippen molar-refractivity contribution >= 4 is 11.7 Å². The number of carboxylic acid groups (broad SMARTS) is 1. The lowest BCUT2D eigenvalue weighted by atomic mass is 9.89. The molecule has 2 aromatic rings. The summed E-state index contributed by atoms with van der Waals surface area (Å²) in [5, 5.41) is 13.6. The first-order chi connectivity index (χ1) is 10.7. The number of hydrogen-bond acceptors (Lipinski definition) is 4. The number of hydrogen-bond donors (Lipinski definition) is 1. The fourth-order valence-electron chi connectivity index (χ4n) is 2.51. The predicted molar refractivity (Wildman–Crippen MR) is 80.9 cm³/mol. The highest BCUT2D eigenvalue weighted by atomic mass is 16.6. The van der Waals surface area contributed by atoms with Crippen LogP contribution in [0.2, 0.25) is 0 Å². The molecule has 0 radical (unpaired) electrons. The molecule has 2 unspecified atom stereocenters. The molecule has 22 heavy (non-hydrogen) atoms. The van der Waals surface area contributed by atoms with Crippen LogP contribution in [0.3, 0.4) is 0 Å². The van der Waals surface area contributed by atoms with E-state index in [1.54, 1.807) is 31.4 Å². The molecule has 0 saturated heterocycles. The minimum Gasteiger partial charge on any atom is -0.497 e. The zero-order chi connectivity index (χ0) is 15.5. The van der Waals surface area contributed by atoms with Gasteiger partial charge in [-0.2, -0.15) is 0 Å². The number of benzene rings is 2. The van der Waals surface area contributed by atoms with E-state index in [0.29, 0.717) is 11.5 Å². The van der Waals surface area contributed by atoms with Crippen molar-refractivity contribution in [1.82, 2.24) is 0 Å². The minimum atomic E-state index is -0.957. The van der Waals surface area contributed by atoms with Gasteiger partial charge in [-0.1, -0.05) is 47.6 Å². The van der Waals surface area contributed by atoms with Crippen molar-refractivity contribution in [3.05, 3.63) is 65.7 Å². The second-order valence-electron chi connectivity index (χ2n) is 4.96. The molecule has 5 heteroatoms. The van der Waals surface area contributed by atoms with Crippen LogP contribution in [-0.4, -0.2) is 23.9 Å². The van der Waals surface area contributed by atoms with Crippen LogP contribution in [0.4, 0.5) is 0 Å². The molecule has 5 nitrogen and oxygen atoms in total. The lowest BCUT2D eigenvalue weighted by molar-refractivity contribution is -0.142. The van der Waals surface area contributed by atoms with Gasteiger partial charge >= 0.3 is 5.97 Å². The van der Waals surface area contributed by atoms with Crippen molar-refractivity contribution in [2.24, 2.45) is 11.1 Å². The largest absolute Gasteiger partial charge is 0.497 e. The maximum Gasteiger partial charge on any atom is 0.317 e. The third-order valence-corrected chi connectivity index (χ3v) is 3.64. The maximum absolute atomic E-state index is 11.7. The zero-order valence-electron chi connectivity index (χ0n) is 12.0. The Morgan fingerprint density at radius 1 is 1.14 bits per heavy atom. The van der Waals surface area contributed by atoms with Gasteiger partial charge in [0, 0.05) is 5.56 Å². The summed E-state index contributed by atoms with van der Waals surface area (Å²) < 4.78 is 5.11. The fraction of sp³-hybridized carbons (Fsp3) is 0.176. The van der Waals surface area contributed by atoms with E-state index >= 15 is 0 Å². The number of oxime groups is 1. The number of nitrogens with zero attached hydrogens (tertiary/aromatic N) is 1. The molecule has 1 aliphatic heterocycles. The van der Waals surface area contributed by atoms with E-state index in [1.807, 2.05) is 30.3 Å². The van der Waals surface area contributed by atoms with Crippen molar-refractivity contribution in [2.45, 2.75) is 6.10 Å². The van der Waals surface area contributed by atoms with Gasteiger partial charge in [-0.3, -0.25) is 4.79 Å². The first-order valence-electron chi connectivity index (χ1n) is 6.86. The van der Waals surface area contributed by atoms with Gasteiger partial charge in [0.25, 0.3) is 0 Å². The number of carboxylic acids is 1. The molecular formula is C17H15NO4. The smallest absolute Gasteiger partial charge is 0.317 e. The van der Waals surface area contributed by atoms with Gasteiger partial charge in [-0.05, 0) is 17.7 Å². The third-order valence-electron chi connectivity index (χ3n) is 3.64. The Balaban J connectivity index is 1.92. The molecule has 1 heterocycles. The molecule has 2 atom stereocenters. The molecule has 0 bridgehead atoms. The van der Waals surface area contributed by atoms with Crippen LogP contribution in [-0.2, 0) is 9.63 Å². The monoisotopic (exact) mass is 297 g/mol. The highest BCUT2D eigenvalue weighted by Gasteiger charge is 2.41. The van der Waals surface area contributed by atoms with Crippen LogP contribution < -0.4 is 4.74 Å². The number of rotatable bonds is 4. The van der Waals surface area contributed by atoms with Crippen LogP contribution >= 0.6 is 0 Å². The predicted octanol–water partition coefficient (Wildman–Crippen LogP) is 2.87. The first kappa shape index (κ1) is 14.1. The Morgan fingerprint density at radius 3 is 2.41 bits per heavy atom. The highest BCUT2D eigenvalue weighted by Crippen LogP contribution is 2.35. The molecule has 1 aliphatic rings. The average Bonchev–Trinajstić information content (AvgIpc) is 3.01. The quantitative estimate of drug-likeness (QED) is 0.942. The summed E-state index contributed by atoms with van der Waals surface area (Å²) in [7, 11) is 1.58. The third kappa shape index (κ3) is 2.53. The van der Waals surface area contributed by atoms with Gasteiger partial charge in [0.05, 0.1) is 7.11 Å². The Morgan fingerprint density at radius 2 is 1.82 bits per heavy atom. The van der Waals surface area contributed by atoms with Crippen molar-refractivity contribution in [3.8, 4) is 5.75 Å². The first-order valence-corrected chi connectivity index (χ1v) is 6.86. The van der Waals surface area contributed by atoms with Crippen molar-refractivity contribution in [2.75, 3.05) is 7.11 Å². The van der Waals surface area contributed by atoms with Crippen LogP contribution in [0.15, 0.2) is 59.8 Å². The van der Waals surface area contributed by atoms with Gasteiger partial charge in [-0.15, -0.1) is 0 Å². The van der Waals surface area contributed by atoms with Crippen LogP contribution in [0.1, 0.15) is 17.2 Å². The standard InChI is InChI=1S/C17H15NO4/c1-21-13-9-7-12(8-10-13)16-14(17(19)20)15(18-22-16)11-5-3-2-4-6-11/h2-10,14,16H,1H3,(H,19,20). The molecule has 1 N–H and O–H groups in total. The number of aliphatic carboxylic acids is 1. The molecule has 0 amide bonds. The number of ether oxygens (including phenoxy) is 1. The Bertz CT molecular complexity index is 694. The highest BCUT2D eigenvalue weighted by molar-refractivity contribution is 6.12. The molecule has 0 spiro atoms. The van der Waals surface area contributed by atoms with Crippen LogP contribution in [0, 0.1) is 5.92 Å². The van der Waals surface area contributed by atoms with Gasteiger partial charge in [0.2, 0.25) is 0 Å². The van der Waals surface area contributed by atoms with Crippen molar-refractivity contribution < 1.29 is 19.5 Å². The second kappa shape index (κ2) is 5.89. The molecular weight excluding hydrogens is 282 g/mol. The van der Waals surface area contributed by atoms with E-state index in [2.05, 4.69) is 5.16 Å². The van der Waals surface area contributed by atoms with E-state index in [9.17, 15) is 9.90 Å². The van der Waals surface area contributed by atoms with Gasteiger partial charge in [0.1, 0.15) is 17.4 Å². The average molecular weight is 297 g/mol. The van der Waals surface area contributed by atoms with E-state index < -0.39 is 18.0 Å². The normalized spacial score (nSPS) is 20.1. The molecule has 3 rings (SSSR count). The topological polar surface area (TPSA) is 68.1 Å². The number of carbonyl (C=O) groups is 1. The van der Waals surface area contributed by atoms with Gasteiger partial charge in [0.15, 0.2) is 6.10 Å². The molecule has 2 aromatic carbocycles.